The Hall–Kier alpha value is -2.56. The lowest BCUT2D eigenvalue weighted by molar-refractivity contribution is 0.0526. The first kappa shape index (κ1) is 13.9. The average Bonchev–Trinajstić information content (AvgIpc) is 2.44. The third-order valence-electron chi connectivity index (χ3n) is 2.69. The van der Waals surface area contributed by atoms with E-state index in [1.807, 2.05) is 0 Å². The van der Waals surface area contributed by atoms with E-state index in [2.05, 4.69) is 5.32 Å². The molecule has 2 rings (SSSR count). The Morgan fingerprint density at radius 3 is 2.60 bits per heavy atom. The summed E-state index contributed by atoms with van der Waals surface area (Å²) in [6, 6.07) is 10.7. The van der Waals surface area contributed by atoms with Gasteiger partial charge >= 0.3 is 5.97 Å². The van der Waals surface area contributed by atoms with Gasteiger partial charge in [-0.05, 0) is 49.4 Å². The van der Waals surface area contributed by atoms with Crippen molar-refractivity contribution in [3.05, 3.63) is 53.8 Å². The molecule has 0 amide bonds. The van der Waals surface area contributed by atoms with Gasteiger partial charge < -0.3 is 15.8 Å². The van der Waals surface area contributed by atoms with Crippen LogP contribution < -0.4 is 11.1 Å². The lowest BCUT2D eigenvalue weighted by Gasteiger charge is -2.11. The van der Waals surface area contributed by atoms with E-state index in [9.17, 15) is 9.18 Å². The van der Waals surface area contributed by atoms with Crippen LogP contribution in [0.3, 0.4) is 0 Å². The minimum Gasteiger partial charge on any atom is -0.462 e. The Labute approximate surface area is 116 Å². The van der Waals surface area contributed by atoms with Crippen molar-refractivity contribution in [3.63, 3.8) is 0 Å². The van der Waals surface area contributed by atoms with E-state index < -0.39 is 5.97 Å². The Morgan fingerprint density at radius 1 is 1.25 bits per heavy atom. The number of hydrogen-bond donors (Lipinski definition) is 2. The molecular weight excluding hydrogens is 259 g/mol. The molecule has 0 aliphatic rings. The van der Waals surface area contributed by atoms with Crippen molar-refractivity contribution < 1.29 is 13.9 Å². The number of rotatable bonds is 4. The van der Waals surface area contributed by atoms with E-state index in [0.717, 1.165) is 0 Å². The molecule has 0 atom stereocenters. The first-order valence-electron chi connectivity index (χ1n) is 6.19. The van der Waals surface area contributed by atoms with Crippen LogP contribution in [-0.4, -0.2) is 12.6 Å². The molecule has 20 heavy (non-hydrogen) atoms. The predicted molar refractivity (Wildman–Crippen MR) is 76.5 cm³/mol. The van der Waals surface area contributed by atoms with E-state index >= 15 is 0 Å². The van der Waals surface area contributed by atoms with Crippen LogP contribution in [-0.2, 0) is 4.74 Å². The molecule has 0 saturated carbocycles. The number of anilines is 3. The zero-order valence-electron chi connectivity index (χ0n) is 11.0. The number of esters is 1. The fourth-order valence-corrected chi connectivity index (χ4v) is 1.69. The summed E-state index contributed by atoms with van der Waals surface area (Å²) in [5, 5.41) is 3.04. The number of carbonyl (C=O) groups excluding carboxylic acids is 1. The topological polar surface area (TPSA) is 64.3 Å². The summed E-state index contributed by atoms with van der Waals surface area (Å²) < 4.78 is 17.8. The van der Waals surface area contributed by atoms with Gasteiger partial charge in [-0.1, -0.05) is 0 Å². The van der Waals surface area contributed by atoms with Crippen molar-refractivity contribution in [2.45, 2.75) is 6.92 Å². The van der Waals surface area contributed by atoms with Gasteiger partial charge in [-0.3, -0.25) is 0 Å². The van der Waals surface area contributed by atoms with Crippen molar-refractivity contribution in [2.75, 3.05) is 17.7 Å². The van der Waals surface area contributed by atoms with E-state index in [1.165, 1.54) is 12.1 Å². The van der Waals surface area contributed by atoms with Crippen LogP contribution in [0.1, 0.15) is 17.3 Å². The van der Waals surface area contributed by atoms with E-state index in [1.54, 1.807) is 37.3 Å². The largest absolute Gasteiger partial charge is 0.462 e. The molecule has 0 spiro atoms. The molecule has 4 nitrogen and oxygen atoms in total. The highest BCUT2D eigenvalue weighted by Gasteiger charge is 2.09. The first-order valence-corrected chi connectivity index (χ1v) is 6.19. The molecule has 2 aromatic carbocycles. The molecular formula is C15H15FN2O2. The molecule has 3 N–H and O–H groups in total. The number of nitrogens with one attached hydrogen (secondary N) is 1. The van der Waals surface area contributed by atoms with Crippen molar-refractivity contribution in [1.29, 1.82) is 0 Å². The van der Waals surface area contributed by atoms with E-state index in [-0.39, 0.29) is 5.82 Å². The van der Waals surface area contributed by atoms with Gasteiger partial charge in [-0.25, -0.2) is 9.18 Å². The minimum atomic E-state index is -0.408. The lowest BCUT2D eigenvalue weighted by Crippen LogP contribution is -2.06. The number of halogens is 1. The van der Waals surface area contributed by atoms with Gasteiger partial charge in [0, 0.05) is 5.69 Å². The molecule has 0 aromatic heterocycles. The van der Waals surface area contributed by atoms with Crippen LogP contribution in [0, 0.1) is 5.82 Å². The van der Waals surface area contributed by atoms with Crippen molar-refractivity contribution >= 4 is 23.0 Å². The fraction of sp³-hybridized carbons (Fsp3) is 0.133. The third-order valence-corrected chi connectivity index (χ3v) is 2.69. The Morgan fingerprint density at radius 2 is 1.95 bits per heavy atom. The van der Waals surface area contributed by atoms with Gasteiger partial charge in [-0.2, -0.15) is 0 Å². The van der Waals surface area contributed by atoms with Crippen molar-refractivity contribution in [3.8, 4) is 0 Å². The highest BCUT2D eigenvalue weighted by Crippen LogP contribution is 2.25. The zero-order valence-corrected chi connectivity index (χ0v) is 11.0. The fourth-order valence-electron chi connectivity index (χ4n) is 1.69. The van der Waals surface area contributed by atoms with Gasteiger partial charge in [0.1, 0.15) is 5.82 Å². The number of nitrogen functional groups attached to an aromatic ring is 1. The van der Waals surface area contributed by atoms with Crippen LogP contribution in [0.15, 0.2) is 42.5 Å². The summed E-state index contributed by atoms with van der Waals surface area (Å²) in [6.45, 7) is 2.05. The quantitative estimate of drug-likeness (QED) is 0.663. The zero-order chi connectivity index (χ0) is 14.5. The van der Waals surface area contributed by atoms with Gasteiger partial charge in [-0.15, -0.1) is 0 Å². The smallest absolute Gasteiger partial charge is 0.338 e. The van der Waals surface area contributed by atoms with Crippen LogP contribution in [0.2, 0.25) is 0 Å². The number of hydrogen-bond acceptors (Lipinski definition) is 4. The molecule has 0 aliphatic carbocycles. The molecule has 0 saturated heterocycles. The molecule has 0 bridgehead atoms. The second kappa shape index (κ2) is 6.06. The summed E-state index contributed by atoms with van der Waals surface area (Å²) in [6.07, 6.45) is 0. The molecule has 5 heteroatoms. The molecule has 0 radical (unpaired) electrons. The van der Waals surface area contributed by atoms with Gasteiger partial charge in [0.2, 0.25) is 0 Å². The van der Waals surface area contributed by atoms with Crippen LogP contribution >= 0.6 is 0 Å². The molecule has 104 valence electrons. The van der Waals surface area contributed by atoms with Gasteiger partial charge in [0.05, 0.1) is 23.5 Å². The number of carbonyl (C=O) groups is 1. The Bertz CT molecular complexity index is 612. The highest BCUT2D eigenvalue weighted by atomic mass is 19.1. The molecule has 0 unspecified atom stereocenters. The normalized spacial score (nSPS) is 10.1. The van der Waals surface area contributed by atoms with Crippen molar-refractivity contribution in [2.24, 2.45) is 0 Å². The summed E-state index contributed by atoms with van der Waals surface area (Å²) in [4.78, 5) is 11.7. The summed E-state index contributed by atoms with van der Waals surface area (Å²) in [5.74, 6) is -0.724. The minimum absolute atomic E-state index is 0.309. The SMILES string of the molecule is CCOC(=O)c1ccc(N)c(Nc2ccc(F)cc2)c1. The molecule has 0 aliphatic heterocycles. The Balaban J connectivity index is 2.24. The van der Waals surface area contributed by atoms with Crippen LogP contribution in [0.25, 0.3) is 0 Å². The Kier molecular flexibility index (Phi) is 4.20. The second-order valence-electron chi connectivity index (χ2n) is 4.15. The standard InChI is InChI=1S/C15H15FN2O2/c1-2-20-15(19)10-3-8-13(17)14(9-10)18-12-6-4-11(16)5-7-12/h3-9,18H,2,17H2,1H3. The van der Waals surface area contributed by atoms with Crippen LogP contribution in [0.4, 0.5) is 21.5 Å². The first-order chi connectivity index (χ1) is 9.60. The van der Waals surface area contributed by atoms with Crippen molar-refractivity contribution in [1.82, 2.24) is 0 Å². The molecule has 0 fully saturated rings. The predicted octanol–water partition coefficient (Wildman–Crippen LogP) is 3.33. The highest BCUT2D eigenvalue weighted by molar-refractivity contribution is 5.92. The molecule has 0 heterocycles. The monoisotopic (exact) mass is 274 g/mol. The molecule has 2 aromatic rings. The maximum atomic E-state index is 12.8. The lowest BCUT2D eigenvalue weighted by atomic mass is 10.1. The summed E-state index contributed by atoms with van der Waals surface area (Å²) in [5.41, 5.74) is 8.00. The number of benzene rings is 2. The number of ether oxygens (including phenoxy) is 1. The summed E-state index contributed by atoms with van der Waals surface area (Å²) in [7, 11) is 0. The third kappa shape index (κ3) is 3.26. The van der Waals surface area contributed by atoms with Gasteiger partial charge in [0.25, 0.3) is 0 Å². The average molecular weight is 274 g/mol. The van der Waals surface area contributed by atoms with Crippen LogP contribution in [0.5, 0.6) is 0 Å². The number of nitrogens with two attached hydrogens (primary N) is 1. The second-order valence-corrected chi connectivity index (χ2v) is 4.15. The van der Waals surface area contributed by atoms with Gasteiger partial charge in [0.15, 0.2) is 0 Å². The maximum Gasteiger partial charge on any atom is 0.338 e. The maximum absolute atomic E-state index is 12.8. The van der Waals surface area contributed by atoms with E-state index in [0.29, 0.717) is 29.2 Å². The van der Waals surface area contributed by atoms with E-state index in [4.69, 9.17) is 10.5 Å². The summed E-state index contributed by atoms with van der Waals surface area (Å²) >= 11 is 0.